The summed E-state index contributed by atoms with van der Waals surface area (Å²) in [7, 11) is 2.23. The lowest BCUT2D eigenvalue weighted by Crippen LogP contribution is -2.19. The molecule has 2 nitrogen and oxygen atoms in total. The summed E-state index contributed by atoms with van der Waals surface area (Å²) < 4.78 is 0. The second-order valence-electron chi connectivity index (χ2n) is 5.70. The van der Waals surface area contributed by atoms with Crippen molar-refractivity contribution < 1.29 is 0 Å². The zero-order chi connectivity index (χ0) is 13.0. The molecule has 0 radical (unpaired) electrons. The van der Waals surface area contributed by atoms with E-state index >= 15 is 0 Å². The third-order valence-corrected chi connectivity index (χ3v) is 4.27. The van der Waals surface area contributed by atoms with Gasteiger partial charge in [0.25, 0.3) is 0 Å². The molecule has 0 spiro atoms. The van der Waals surface area contributed by atoms with E-state index in [1.807, 2.05) is 0 Å². The SMILES string of the molecule is CC(CN)c1ccccc1C1CCCN(C)CC1. The van der Waals surface area contributed by atoms with Crippen LogP contribution in [0.2, 0.25) is 0 Å². The molecule has 1 fully saturated rings. The molecular formula is C16H26N2. The van der Waals surface area contributed by atoms with Crippen molar-refractivity contribution in [1.29, 1.82) is 0 Å². The van der Waals surface area contributed by atoms with Gasteiger partial charge in [-0.25, -0.2) is 0 Å². The van der Waals surface area contributed by atoms with Gasteiger partial charge in [-0.1, -0.05) is 31.2 Å². The van der Waals surface area contributed by atoms with Crippen LogP contribution in [0, 0.1) is 0 Å². The molecule has 0 amide bonds. The first-order chi connectivity index (χ1) is 8.72. The lowest BCUT2D eigenvalue weighted by atomic mass is 9.84. The van der Waals surface area contributed by atoms with Crippen LogP contribution in [0.25, 0.3) is 0 Å². The fourth-order valence-electron chi connectivity index (χ4n) is 3.01. The smallest absolute Gasteiger partial charge is 0.00108 e. The number of hydrogen-bond acceptors (Lipinski definition) is 2. The first-order valence-electron chi connectivity index (χ1n) is 7.19. The van der Waals surface area contributed by atoms with Crippen LogP contribution in [0.4, 0.5) is 0 Å². The van der Waals surface area contributed by atoms with E-state index in [4.69, 9.17) is 5.73 Å². The maximum absolute atomic E-state index is 5.85. The first kappa shape index (κ1) is 13.6. The molecule has 2 heteroatoms. The quantitative estimate of drug-likeness (QED) is 0.888. The van der Waals surface area contributed by atoms with Gasteiger partial charge in [0.2, 0.25) is 0 Å². The van der Waals surface area contributed by atoms with Crippen molar-refractivity contribution in [1.82, 2.24) is 4.90 Å². The van der Waals surface area contributed by atoms with Crippen LogP contribution in [-0.2, 0) is 0 Å². The highest BCUT2D eigenvalue weighted by Gasteiger charge is 2.20. The lowest BCUT2D eigenvalue weighted by molar-refractivity contribution is 0.347. The Morgan fingerprint density at radius 1 is 1.28 bits per heavy atom. The second-order valence-corrected chi connectivity index (χ2v) is 5.70. The summed E-state index contributed by atoms with van der Waals surface area (Å²) in [5.41, 5.74) is 8.86. The fraction of sp³-hybridized carbons (Fsp3) is 0.625. The Kier molecular flexibility index (Phi) is 4.79. The molecule has 1 aromatic rings. The highest BCUT2D eigenvalue weighted by molar-refractivity contribution is 5.33. The molecule has 2 N–H and O–H groups in total. The van der Waals surface area contributed by atoms with Gasteiger partial charge in [-0.05, 0) is 68.9 Å². The molecule has 0 aromatic heterocycles. The average Bonchev–Trinajstić information content (AvgIpc) is 2.62. The summed E-state index contributed by atoms with van der Waals surface area (Å²) in [5, 5.41) is 0. The Morgan fingerprint density at radius 2 is 2.06 bits per heavy atom. The van der Waals surface area contributed by atoms with E-state index in [2.05, 4.69) is 43.1 Å². The van der Waals surface area contributed by atoms with Gasteiger partial charge in [0.05, 0.1) is 0 Å². The van der Waals surface area contributed by atoms with E-state index in [1.165, 1.54) is 37.9 Å². The molecular weight excluding hydrogens is 220 g/mol. The Hall–Kier alpha value is -0.860. The van der Waals surface area contributed by atoms with Crippen LogP contribution < -0.4 is 5.73 Å². The molecule has 2 atom stereocenters. The molecule has 100 valence electrons. The van der Waals surface area contributed by atoms with Crippen molar-refractivity contribution >= 4 is 0 Å². The molecule has 1 saturated heterocycles. The minimum absolute atomic E-state index is 0.474. The molecule has 1 aliphatic heterocycles. The first-order valence-corrected chi connectivity index (χ1v) is 7.19. The molecule has 0 saturated carbocycles. The summed E-state index contributed by atoms with van der Waals surface area (Å²) in [6.07, 6.45) is 3.91. The Labute approximate surface area is 111 Å². The average molecular weight is 246 g/mol. The number of rotatable bonds is 3. The minimum atomic E-state index is 0.474. The largest absolute Gasteiger partial charge is 0.330 e. The Balaban J connectivity index is 2.21. The zero-order valence-corrected chi connectivity index (χ0v) is 11.7. The van der Waals surface area contributed by atoms with Gasteiger partial charge in [-0.2, -0.15) is 0 Å². The van der Waals surface area contributed by atoms with E-state index in [-0.39, 0.29) is 0 Å². The predicted octanol–water partition coefficient (Wildman–Crippen LogP) is 2.95. The van der Waals surface area contributed by atoms with Crippen molar-refractivity contribution in [3.05, 3.63) is 35.4 Å². The van der Waals surface area contributed by atoms with Gasteiger partial charge in [-0.3, -0.25) is 0 Å². The van der Waals surface area contributed by atoms with Gasteiger partial charge < -0.3 is 10.6 Å². The van der Waals surface area contributed by atoms with Crippen molar-refractivity contribution in [2.45, 2.75) is 38.0 Å². The maximum atomic E-state index is 5.85. The summed E-state index contributed by atoms with van der Waals surface area (Å²) in [4.78, 5) is 2.45. The molecule has 1 aromatic carbocycles. The third kappa shape index (κ3) is 3.12. The molecule has 1 heterocycles. The minimum Gasteiger partial charge on any atom is -0.330 e. The van der Waals surface area contributed by atoms with Crippen molar-refractivity contribution in [2.75, 3.05) is 26.7 Å². The highest BCUT2D eigenvalue weighted by Crippen LogP contribution is 2.32. The number of nitrogens with two attached hydrogens (primary N) is 1. The van der Waals surface area contributed by atoms with E-state index in [0.29, 0.717) is 5.92 Å². The van der Waals surface area contributed by atoms with Crippen molar-refractivity contribution in [3.8, 4) is 0 Å². The van der Waals surface area contributed by atoms with E-state index in [9.17, 15) is 0 Å². The Bertz CT molecular complexity index is 375. The van der Waals surface area contributed by atoms with Crippen LogP contribution in [0.3, 0.4) is 0 Å². The van der Waals surface area contributed by atoms with Crippen LogP contribution >= 0.6 is 0 Å². The monoisotopic (exact) mass is 246 g/mol. The van der Waals surface area contributed by atoms with Crippen LogP contribution in [0.1, 0.15) is 49.1 Å². The summed E-state index contributed by atoms with van der Waals surface area (Å²) in [5.74, 6) is 1.20. The summed E-state index contributed by atoms with van der Waals surface area (Å²) >= 11 is 0. The number of likely N-dealkylation sites (tertiary alicyclic amines) is 1. The van der Waals surface area contributed by atoms with E-state index in [0.717, 1.165) is 12.5 Å². The third-order valence-electron chi connectivity index (χ3n) is 4.27. The fourth-order valence-corrected chi connectivity index (χ4v) is 3.01. The highest BCUT2D eigenvalue weighted by atomic mass is 15.1. The molecule has 1 aliphatic rings. The standard InChI is InChI=1S/C16H26N2/c1-13(12-17)15-7-3-4-8-16(15)14-6-5-10-18(2)11-9-14/h3-4,7-8,13-14H,5-6,9-12,17H2,1-2H3. The van der Waals surface area contributed by atoms with Crippen LogP contribution in [-0.4, -0.2) is 31.6 Å². The van der Waals surface area contributed by atoms with Gasteiger partial charge in [0.1, 0.15) is 0 Å². The van der Waals surface area contributed by atoms with Crippen molar-refractivity contribution in [3.63, 3.8) is 0 Å². The van der Waals surface area contributed by atoms with Gasteiger partial charge >= 0.3 is 0 Å². The lowest BCUT2D eigenvalue weighted by Gasteiger charge is -2.22. The van der Waals surface area contributed by atoms with Crippen LogP contribution in [0.5, 0.6) is 0 Å². The van der Waals surface area contributed by atoms with Crippen molar-refractivity contribution in [2.24, 2.45) is 5.73 Å². The number of hydrogen-bond donors (Lipinski definition) is 1. The van der Waals surface area contributed by atoms with E-state index in [1.54, 1.807) is 5.56 Å². The normalized spacial score (nSPS) is 23.6. The van der Waals surface area contributed by atoms with Crippen LogP contribution in [0.15, 0.2) is 24.3 Å². The predicted molar refractivity (Wildman–Crippen MR) is 78.0 cm³/mol. The van der Waals surface area contributed by atoms with E-state index < -0.39 is 0 Å². The Morgan fingerprint density at radius 3 is 2.83 bits per heavy atom. The molecule has 18 heavy (non-hydrogen) atoms. The number of benzene rings is 1. The second kappa shape index (κ2) is 6.35. The summed E-state index contributed by atoms with van der Waals surface area (Å²) in [6, 6.07) is 8.91. The van der Waals surface area contributed by atoms with Gasteiger partial charge in [0.15, 0.2) is 0 Å². The number of nitrogens with zero attached hydrogens (tertiary/aromatic N) is 1. The summed E-state index contributed by atoms with van der Waals surface area (Å²) in [6.45, 7) is 5.44. The van der Waals surface area contributed by atoms with Gasteiger partial charge in [0, 0.05) is 0 Å². The molecule has 2 rings (SSSR count). The van der Waals surface area contributed by atoms with Gasteiger partial charge in [-0.15, -0.1) is 0 Å². The topological polar surface area (TPSA) is 29.3 Å². The molecule has 0 aliphatic carbocycles. The zero-order valence-electron chi connectivity index (χ0n) is 11.7. The molecule has 2 unspecified atom stereocenters. The maximum Gasteiger partial charge on any atom is -0.00108 e. The molecule has 0 bridgehead atoms.